The standard InChI is InChI=1S/C2H4Br.Zn/c1-2-3;/h1-2H2;/q-1;. The maximum absolute atomic E-state index is 3.40. The van der Waals surface area contributed by atoms with Gasteiger partial charge in [-0.1, -0.05) is 0 Å². The van der Waals surface area contributed by atoms with Gasteiger partial charge in [0.2, 0.25) is 0 Å². The minimum Gasteiger partial charge on any atom is -0.333 e. The minimum atomic E-state index is 0. The second-order valence-corrected chi connectivity index (χ2v) is 0.982. The molecule has 0 fully saturated rings. The Morgan fingerprint density at radius 2 is 1.75 bits per heavy atom. The molecule has 0 saturated heterocycles. The topological polar surface area (TPSA) is 0 Å². The van der Waals surface area contributed by atoms with Gasteiger partial charge in [0, 0.05) is 19.5 Å². The monoisotopic (exact) mass is 171 g/mol. The van der Waals surface area contributed by atoms with Crippen molar-refractivity contribution in [1.82, 2.24) is 0 Å². The molecule has 0 heterocycles. The summed E-state index contributed by atoms with van der Waals surface area (Å²) in [6, 6.07) is 0. The third-order valence-corrected chi connectivity index (χ3v) is 0. The van der Waals surface area contributed by atoms with Crippen molar-refractivity contribution in [3.8, 4) is 0 Å². The normalized spacial score (nSPS) is 4.50. The molecule has 22 valence electrons. The summed E-state index contributed by atoms with van der Waals surface area (Å²) in [6.07, 6.45) is 0. The number of rotatable bonds is 0. The van der Waals surface area contributed by atoms with E-state index in [1.807, 2.05) is 0 Å². The second-order valence-electron chi connectivity index (χ2n) is 0.189. The Labute approximate surface area is 47.9 Å². The molecule has 0 aromatic carbocycles. The second kappa shape index (κ2) is 8.93. The Bertz CT molecular complexity index is 6.00. The van der Waals surface area contributed by atoms with Crippen LogP contribution in [0.3, 0.4) is 0 Å². The molecule has 0 nitrogen and oxygen atoms in total. The summed E-state index contributed by atoms with van der Waals surface area (Å²) in [4.78, 5) is 0. The van der Waals surface area contributed by atoms with E-state index in [4.69, 9.17) is 0 Å². The number of hydrogen-bond acceptors (Lipinski definition) is 0. The molecule has 0 aromatic rings. The molecular weight excluding hydrogens is 169 g/mol. The van der Waals surface area contributed by atoms with Crippen LogP contribution in [0.5, 0.6) is 0 Å². The molecule has 0 aliphatic rings. The van der Waals surface area contributed by atoms with Crippen LogP contribution in [-0.4, -0.2) is 5.33 Å². The summed E-state index contributed by atoms with van der Waals surface area (Å²) in [5.41, 5.74) is 0. The molecule has 0 amide bonds. The molecule has 4 heavy (non-hydrogen) atoms. The Kier molecular flexibility index (Phi) is 19.9. The zero-order valence-corrected chi connectivity index (χ0v) is 7.05. The predicted molar refractivity (Wildman–Crippen MR) is 19.2 cm³/mol. The first-order valence-electron chi connectivity index (χ1n) is 0.767. The fourth-order valence-electron chi connectivity index (χ4n) is 0. The Morgan fingerprint density at radius 3 is 1.75 bits per heavy atom. The molecule has 0 rings (SSSR count). The van der Waals surface area contributed by atoms with Crippen molar-refractivity contribution >= 4 is 15.9 Å². The summed E-state index contributed by atoms with van der Waals surface area (Å²) in [5, 5.41) is 0.812. The molecule has 0 unspecified atom stereocenters. The molecule has 0 N–H and O–H groups in total. The van der Waals surface area contributed by atoms with Crippen LogP contribution in [0.15, 0.2) is 0 Å². The zero-order valence-electron chi connectivity index (χ0n) is 2.50. The molecular formula is C2H4BrZn-. The van der Waals surface area contributed by atoms with Gasteiger partial charge in [-0.2, -0.15) is 0 Å². The molecule has 0 aliphatic carbocycles. The van der Waals surface area contributed by atoms with Gasteiger partial charge in [0.05, 0.1) is 0 Å². The fraction of sp³-hybridized carbons (Fsp3) is 0.500. The summed E-state index contributed by atoms with van der Waals surface area (Å²) in [5.74, 6) is 0. The molecule has 0 aliphatic heterocycles. The first kappa shape index (κ1) is 8.92. The fourth-order valence-corrected chi connectivity index (χ4v) is 0. The van der Waals surface area contributed by atoms with Gasteiger partial charge in [-0.3, -0.25) is 0 Å². The van der Waals surface area contributed by atoms with Crippen molar-refractivity contribution < 1.29 is 19.5 Å². The van der Waals surface area contributed by atoms with Crippen LogP contribution < -0.4 is 0 Å². The number of halogens is 1. The van der Waals surface area contributed by atoms with Crippen LogP contribution >= 0.6 is 15.9 Å². The van der Waals surface area contributed by atoms with E-state index in [1.54, 1.807) is 0 Å². The van der Waals surface area contributed by atoms with E-state index >= 15 is 0 Å². The number of hydrogen-bond donors (Lipinski definition) is 0. The van der Waals surface area contributed by atoms with Gasteiger partial charge in [-0.15, -0.1) is 21.3 Å². The summed E-state index contributed by atoms with van der Waals surface area (Å²) >= 11 is 3.03. The average Bonchev–Trinajstić information content (AvgIpc) is 0.918. The first-order valence-corrected chi connectivity index (χ1v) is 1.89. The van der Waals surface area contributed by atoms with Crippen molar-refractivity contribution in [2.45, 2.75) is 0 Å². The molecule has 0 radical (unpaired) electrons. The number of alkyl halides is 1. The Balaban J connectivity index is 0. The van der Waals surface area contributed by atoms with Crippen LogP contribution in [0.2, 0.25) is 0 Å². The third kappa shape index (κ3) is 11.3. The minimum absolute atomic E-state index is 0. The molecule has 0 spiro atoms. The van der Waals surface area contributed by atoms with Crippen molar-refractivity contribution in [3.05, 3.63) is 6.92 Å². The maximum atomic E-state index is 3.40. The van der Waals surface area contributed by atoms with Crippen LogP contribution in [0.4, 0.5) is 0 Å². The molecule has 0 saturated carbocycles. The summed E-state index contributed by atoms with van der Waals surface area (Å²) < 4.78 is 0. The van der Waals surface area contributed by atoms with Crippen LogP contribution in [0.25, 0.3) is 0 Å². The first-order chi connectivity index (χ1) is 1.41. The maximum Gasteiger partial charge on any atom is 0 e. The van der Waals surface area contributed by atoms with Gasteiger partial charge in [-0.05, 0) is 0 Å². The third-order valence-electron chi connectivity index (χ3n) is 0. The van der Waals surface area contributed by atoms with Crippen LogP contribution in [0.1, 0.15) is 0 Å². The smallest absolute Gasteiger partial charge is 0 e. The Morgan fingerprint density at radius 1 is 1.75 bits per heavy atom. The van der Waals surface area contributed by atoms with Gasteiger partial charge in [0.1, 0.15) is 0 Å². The average molecular weight is 173 g/mol. The van der Waals surface area contributed by atoms with Crippen molar-refractivity contribution in [2.24, 2.45) is 0 Å². The van der Waals surface area contributed by atoms with E-state index in [-0.39, 0.29) is 19.5 Å². The predicted octanol–water partition coefficient (Wildman–Crippen LogP) is 1.21. The quantitative estimate of drug-likeness (QED) is 0.293. The Hall–Kier alpha value is 1.10. The molecule has 0 atom stereocenters. The summed E-state index contributed by atoms with van der Waals surface area (Å²) in [6.45, 7) is 3.40. The van der Waals surface area contributed by atoms with E-state index < -0.39 is 0 Å². The van der Waals surface area contributed by atoms with Gasteiger partial charge in [-0.25, -0.2) is 0 Å². The zero-order chi connectivity index (χ0) is 2.71. The van der Waals surface area contributed by atoms with Gasteiger partial charge >= 0.3 is 0 Å². The van der Waals surface area contributed by atoms with Gasteiger partial charge in [0.25, 0.3) is 0 Å². The van der Waals surface area contributed by atoms with Gasteiger partial charge < -0.3 is 6.92 Å². The van der Waals surface area contributed by atoms with Crippen molar-refractivity contribution in [1.29, 1.82) is 0 Å². The van der Waals surface area contributed by atoms with E-state index in [0.717, 1.165) is 5.33 Å². The molecule has 0 bridgehead atoms. The SMILES string of the molecule is [CH2-]CBr.[Zn]. The van der Waals surface area contributed by atoms with E-state index in [1.165, 1.54) is 0 Å². The van der Waals surface area contributed by atoms with Gasteiger partial charge in [0.15, 0.2) is 0 Å². The largest absolute Gasteiger partial charge is 0.333 e. The van der Waals surface area contributed by atoms with E-state index in [2.05, 4.69) is 22.9 Å². The van der Waals surface area contributed by atoms with E-state index in [0.29, 0.717) is 0 Å². The molecule has 2 heteroatoms. The van der Waals surface area contributed by atoms with E-state index in [9.17, 15) is 0 Å². The molecule has 0 aromatic heterocycles. The van der Waals surface area contributed by atoms with Crippen LogP contribution in [-0.2, 0) is 19.5 Å². The van der Waals surface area contributed by atoms with Crippen molar-refractivity contribution in [2.75, 3.05) is 5.33 Å². The summed E-state index contributed by atoms with van der Waals surface area (Å²) in [7, 11) is 0. The van der Waals surface area contributed by atoms with Crippen molar-refractivity contribution in [3.63, 3.8) is 0 Å². The van der Waals surface area contributed by atoms with Crippen LogP contribution in [0, 0.1) is 6.92 Å².